The Balaban J connectivity index is 2.18. The van der Waals surface area contributed by atoms with Crippen LogP contribution >= 0.6 is 0 Å². The van der Waals surface area contributed by atoms with Crippen LogP contribution in [0.4, 0.5) is 0 Å². The third-order valence-electron chi connectivity index (χ3n) is 4.19. The number of carbonyl (C=O) groups is 2. The maximum Gasteiger partial charge on any atom is 0.335 e. The topological polar surface area (TPSA) is 66.8 Å². The molecule has 1 atom stereocenters. The zero-order valence-corrected chi connectivity index (χ0v) is 12.8. The Morgan fingerprint density at radius 3 is 2.38 bits per heavy atom. The van der Waals surface area contributed by atoms with Crippen molar-refractivity contribution in [2.24, 2.45) is 11.3 Å². The number of hydrogen-bond acceptors (Lipinski definition) is 3. The zero-order chi connectivity index (χ0) is 15.8. The number of nitrogens with zero attached hydrogens (tertiary/aromatic N) is 1. The highest BCUT2D eigenvalue weighted by atomic mass is 16.5. The van der Waals surface area contributed by atoms with Crippen LogP contribution < -0.4 is 4.74 Å². The Kier molecular flexibility index (Phi) is 3.94. The SMILES string of the molecule is COc1cc(C(=O)O)cc(C(=O)N(C)C[C@@H]2CC2(C)C)c1. The molecule has 5 heteroatoms. The number of ether oxygens (including phenoxy) is 1. The molecule has 1 N–H and O–H groups in total. The molecule has 1 saturated carbocycles. The average molecular weight is 291 g/mol. The molecule has 0 heterocycles. The Morgan fingerprint density at radius 1 is 1.33 bits per heavy atom. The lowest BCUT2D eigenvalue weighted by Gasteiger charge is -2.19. The molecular weight excluding hydrogens is 270 g/mol. The molecule has 1 amide bonds. The fraction of sp³-hybridized carbons (Fsp3) is 0.500. The Labute approximate surface area is 124 Å². The predicted molar refractivity (Wildman–Crippen MR) is 78.8 cm³/mol. The van der Waals surface area contributed by atoms with Crippen LogP contribution in [0.2, 0.25) is 0 Å². The first-order valence-corrected chi connectivity index (χ1v) is 6.92. The molecule has 1 aromatic rings. The number of hydrogen-bond donors (Lipinski definition) is 1. The summed E-state index contributed by atoms with van der Waals surface area (Å²) in [7, 11) is 3.20. The first-order chi connectivity index (χ1) is 9.74. The molecule has 0 spiro atoms. The molecule has 0 radical (unpaired) electrons. The highest BCUT2D eigenvalue weighted by Gasteiger charge is 2.46. The largest absolute Gasteiger partial charge is 0.497 e. The first kappa shape index (κ1) is 15.4. The molecule has 5 nitrogen and oxygen atoms in total. The second-order valence-electron chi connectivity index (χ2n) is 6.33. The van der Waals surface area contributed by atoms with Gasteiger partial charge in [-0.1, -0.05) is 13.8 Å². The summed E-state index contributed by atoms with van der Waals surface area (Å²) in [6, 6.07) is 4.37. The summed E-state index contributed by atoms with van der Waals surface area (Å²) >= 11 is 0. The Hall–Kier alpha value is -2.04. The van der Waals surface area contributed by atoms with Crippen molar-refractivity contribution in [2.75, 3.05) is 20.7 Å². The van der Waals surface area contributed by atoms with Crippen LogP contribution in [-0.2, 0) is 0 Å². The number of carboxylic acid groups (broad SMARTS) is 1. The van der Waals surface area contributed by atoms with Crippen LogP contribution in [-0.4, -0.2) is 42.6 Å². The average Bonchev–Trinajstić information content (AvgIpc) is 3.03. The highest BCUT2D eigenvalue weighted by molar-refractivity contribution is 5.98. The zero-order valence-electron chi connectivity index (χ0n) is 12.8. The van der Waals surface area contributed by atoms with E-state index < -0.39 is 5.97 Å². The van der Waals surface area contributed by atoms with Crippen molar-refractivity contribution < 1.29 is 19.4 Å². The standard InChI is InChI=1S/C16H21NO4/c1-16(2)8-12(16)9-17(3)14(18)10-5-11(15(19)20)7-13(6-10)21-4/h5-7,12H,8-9H2,1-4H3,(H,19,20)/t12-/m0/s1. The molecular formula is C16H21NO4. The fourth-order valence-electron chi connectivity index (χ4n) is 2.49. The minimum absolute atomic E-state index is 0.0536. The van der Waals surface area contributed by atoms with Gasteiger partial charge in [0.2, 0.25) is 0 Å². The van der Waals surface area contributed by atoms with Crippen LogP contribution in [0.25, 0.3) is 0 Å². The molecule has 1 aliphatic rings. The number of carboxylic acids is 1. The normalized spacial score (nSPS) is 19.0. The summed E-state index contributed by atoms with van der Waals surface area (Å²) in [4.78, 5) is 25.2. The van der Waals surface area contributed by atoms with E-state index in [-0.39, 0.29) is 11.5 Å². The number of amides is 1. The van der Waals surface area contributed by atoms with Crippen LogP contribution in [0.15, 0.2) is 18.2 Å². The fourth-order valence-corrected chi connectivity index (χ4v) is 2.49. The van der Waals surface area contributed by atoms with Gasteiger partial charge in [-0.15, -0.1) is 0 Å². The molecule has 21 heavy (non-hydrogen) atoms. The van der Waals surface area contributed by atoms with E-state index in [2.05, 4.69) is 13.8 Å². The molecule has 0 saturated heterocycles. The van der Waals surface area contributed by atoms with Crippen molar-refractivity contribution in [2.45, 2.75) is 20.3 Å². The molecule has 0 unspecified atom stereocenters. The lowest BCUT2D eigenvalue weighted by atomic mass is 10.1. The summed E-state index contributed by atoms with van der Waals surface area (Å²) in [6.45, 7) is 5.06. The van der Waals surface area contributed by atoms with Crippen molar-refractivity contribution in [1.29, 1.82) is 0 Å². The summed E-state index contributed by atoms with van der Waals surface area (Å²) in [5.74, 6) is -0.373. The van der Waals surface area contributed by atoms with E-state index in [0.717, 1.165) is 6.42 Å². The second kappa shape index (κ2) is 5.39. The van der Waals surface area contributed by atoms with E-state index in [1.165, 1.54) is 19.2 Å². The van der Waals surface area contributed by atoms with Crippen molar-refractivity contribution in [3.05, 3.63) is 29.3 Å². The summed E-state index contributed by atoms with van der Waals surface area (Å²) in [5.41, 5.74) is 0.695. The maximum absolute atomic E-state index is 12.4. The minimum atomic E-state index is -1.08. The smallest absolute Gasteiger partial charge is 0.335 e. The van der Waals surface area contributed by atoms with E-state index in [1.54, 1.807) is 18.0 Å². The third-order valence-corrected chi connectivity index (χ3v) is 4.19. The third kappa shape index (κ3) is 3.35. The molecule has 1 aliphatic carbocycles. The van der Waals surface area contributed by atoms with Crippen molar-refractivity contribution in [1.82, 2.24) is 4.90 Å². The van der Waals surface area contributed by atoms with Gasteiger partial charge in [0.05, 0.1) is 12.7 Å². The van der Waals surface area contributed by atoms with Crippen LogP contribution in [0.1, 0.15) is 41.0 Å². The summed E-state index contributed by atoms with van der Waals surface area (Å²) < 4.78 is 5.07. The number of methoxy groups -OCH3 is 1. The lowest BCUT2D eigenvalue weighted by molar-refractivity contribution is 0.0696. The van der Waals surface area contributed by atoms with Gasteiger partial charge in [-0.2, -0.15) is 0 Å². The van der Waals surface area contributed by atoms with E-state index >= 15 is 0 Å². The van der Waals surface area contributed by atoms with Gasteiger partial charge in [0.25, 0.3) is 5.91 Å². The lowest BCUT2D eigenvalue weighted by Crippen LogP contribution is -2.29. The van der Waals surface area contributed by atoms with E-state index in [1.807, 2.05) is 0 Å². The monoisotopic (exact) mass is 291 g/mol. The summed E-state index contributed by atoms with van der Waals surface area (Å²) in [6.07, 6.45) is 1.11. The molecule has 0 aromatic heterocycles. The van der Waals surface area contributed by atoms with Gasteiger partial charge >= 0.3 is 5.97 Å². The van der Waals surface area contributed by atoms with E-state index in [0.29, 0.717) is 29.2 Å². The van der Waals surface area contributed by atoms with Gasteiger partial charge in [0, 0.05) is 19.2 Å². The summed E-state index contributed by atoms with van der Waals surface area (Å²) in [5, 5.41) is 9.09. The van der Waals surface area contributed by atoms with Gasteiger partial charge in [-0.05, 0) is 36.0 Å². The molecule has 1 fully saturated rings. The van der Waals surface area contributed by atoms with Crippen molar-refractivity contribution in [3.8, 4) is 5.75 Å². The van der Waals surface area contributed by atoms with Crippen LogP contribution in [0, 0.1) is 11.3 Å². The second-order valence-corrected chi connectivity index (χ2v) is 6.33. The van der Waals surface area contributed by atoms with Crippen LogP contribution in [0.3, 0.4) is 0 Å². The van der Waals surface area contributed by atoms with Gasteiger partial charge in [-0.3, -0.25) is 4.79 Å². The molecule has 114 valence electrons. The predicted octanol–water partition coefficient (Wildman–Crippen LogP) is 2.51. The Bertz CT molecular complexity index is 580. The molecule has 1 aromatic carbocycles. The van der Waals surface area contributed by atoms with Gasteiger partial charge in [0.1, 0.15) is 5.75 Å². The number of aromatic carboxylic acids is 1. The minimum Gasteiger partial charge on any atom is -0.497 e. The van der Waals surface area contributed by atoms with Crippen molar-refractivity contribution in [3.63, 3.8) is 0 Å². The van der Waals surface area contributed by atoms with Crippen LogP contribution in [0.5, 0.6) is 5.75 Å². The van der Waals surface area contributed by atoms with E-state index in [4.69, 9.17) is 9.84 Å². The van der Waals surface area contributed by atoms with Gasteiger partial charge in [0.15, 0.2) is 0 Å². The maximum atomic E-state index is 12.4. The number of benzene rings is 1. The molecule has 0 aliphatic heterocycles. The quantitative estimate of drug-likeness (QED) is 0.905. The first-order valence-electron chi connectivity index (χ1n) is 6.92. The number of carbonyl (C=O) groups excluding carboxylic acids is 1. The van der Waals surface area contributed by atoms with E-state index in [9.17, 15) is 9.59 Å². The Morgan fingerprint density at radius 2 is 1.90 bits per heavy atom. The van der Waals surface area contributed by atoms with Crippen molar-refractivity contribution >= 4 is 11.9 Å². The van der Waals surface area contributed by atoms with Gasteiger partial charge < -0.3 is 14.7 Å². The number of rotatable bonds is 5. The molecule has 0 bridgehead atoms. The molecule has 2 rings (SSSR count). The highest BCUT2D eigenvalue weighted by Crippen LogP contribution is 2.51. The van der Waals surface area contributed by atoms with Gasteiger partial charge in [-0.25, -0.2) is 4.79 Å².